The maximum atomic E-state index is 12.0. The third-order valence-corrected chi connectivity index (χ3v) is 2.91. The molecule has 1 rings (SSSR count). The molecule has 0 aromatic rings. The molecule has 0 spiro atoms. The van der Waals surface area contributed by atoms with Crippen molar-refractivity contribution in [2.75, 3.05) is 33.7 Å². The summed E-state index contributed by atoms with van der Waals surface area (Å²) in [6.07, 6.45) is 0. The summed E-state index contributed by atoms with van der Waals surface area (Å²) >= 11 is 0. The van der Waals surface area contributed by atoms with Gasteiger partial charge in [-0.05, 0) is 7.05 Å². The van der Waals surface area contributed by atoms with Crippen molar-refractivity contribution in [3.8, 4) is 0 Å². The van der Waals surface area contributed by atoms with Gasteiger partial charge in [0, 0.05) is 32.6 Å². The summed E-state index contributed by atoms with van der Waals surface area (Å²) in [5, 5.41) is 2.62. The third-order valence-electron chi connectivity index (χ3n) is 2.91. The molecule has 0 unspecified atom stereocenters. The van der Waals surface area contributed by atoms with Gasteiger partial charge in [-0.1, -0.05) is 13.8 Å². The minimum Gasteiger partial charge on any atom is -0.357 e. The molecule has 0 aromatic carbocycles. The van der Waals surface area contributed by atoms with E-state index in [4.69, 9.17) is 0 Å². The van der Waals surface area contributed by atoms with Gasteiger partial charge >= 0.3 is 0 Å². The summed E-state index contributed by atoms with van der Waals surface area (Å²) in [5.41, 5.74) is 0. The molecule has 16 heavy (non-hydrogen) atoms. The van der Waals surface area contributed by atoms with E-state index < -0.39 is 0 Å². The number of hydrogen-bond acceptors (Lipinski definition) is 3. The molecule has 92 valence electrons. The van der Waals surface area contributed by atoms with Gasteiger partial charge in [-0.2, -0.15) is 0 Å². The van der Waals surface area contributed by atoms with Crippen LogP contribution in [0.4, 0.5) is 0 Å². The second-order valence-electron chi connectivity index (χ2n) is 4.58. The number of carbonyl (C=O) groups excluding carboxylic acids is 2. The zero-order valence-corrected chi connectivity index (χ0v) is 10.5. The molecule has 5 heteroatoms. The monoisotopic (exact) mass is 227 g/mol. The molecule has 1 heterocycles. The molecule has 0 saturated carbocycles. The van der Waals surface area contributed by atoms with Crippen LogP contribution >= 0.6 is 0 Å². The molecule has 0 aromatic heterocycles. The molecule has 1 aliphatic heterocycles. The van der Waals surface area contributed by atoms with Crippen LogP contribution in [0.25, 0.3) is 0 Å². The Morgan fingerprint density at radius 2 is 1.94 bits per heavy atom. The largest absolute Gasteiger partial charge is 0.357 e. The Labute approximate surface area is 96.8 Å². The van der Waals surface area contributed by atoms with Gasteiger partial charge in [0.1, 0.15) is 6.04 Å². The van der Waals surface area contributed by atoms with Crippen LogP contribution < -0.4 is 5.32 Å². The number of likely N-dealkylation sites (N-methyl/N-ethyl adjacent to an activating group) is 2. The quantitative estimate of drug-likeness (QED) is 0.694. The van der Waals surface area contributed by atoms with E-state index >= 15 is 0 Å². The van der Waals surface area contributed by atoms with Gasteiger partial charge in [0.25, 0.3) is 0 Å². The number of hydrogen-bond donors (Lipinski definition) is 1. The van der Waals surface area contributed by atoms with Crippen molar-refractivity contribution in [3.05, 3.63) is 0 Å². The van der Waals surface area contributed by atoms with Crippen molar-refractivity contribution in [1.29, 1.82) is 0 Å². The molecule has 1 N–H and O–H groups in total. The average molecular weight is 227 g/mol. The van der Waals surface area contributed by atoms with Crippen LogP contribution in [-0.2, 0) is 9.59 Å². The molecule has 2 amide bonds. The first-order chi connectivity index (χ1) is 7.47. The lowest BCUT2D eigenvalue weighted by atomic mass is 10.1. The minimum absolute atomic E-state index is 0.0571. The van der Waals surface area contributed by atoms with Gasteiger partial charge < -0.3 is 15.1 Å². The maximum Gasteiger partial charge on any atom is 0.243 e. The van der Waals surface area contributed by atoms with Gasteiger partial charge in [0.15, 0.2) is 0 Å². The van der Waals surface area contributed by atoms with Crippen LogP contribution in [0, 0.1) is 5.92 Å². The average Bonchev–Trinajstić information content (AvgIpc) is 2.26. The summed E-state index contributed by atoms with van der Waals surface area (Å²) in [4.78, 5) is 27.5. The van der Waals surface area contributed by atoms with E-state index in [0.717, 1.165) is 6.54 Å². The van der Waals surface area contributed by atoms with Crippen LogP contribution in [0.3, 0.4) is 0 Å². The van der Waals surface area contributed by atoms with E-state index in [-0.39, 0.29) is 23.8 Å². The summed E-state index contributed by atoms with van der Waals surface area (Å²) < 4.78 is 0. The Bertz CT molecular complexity index is 278. The van der Waals surface area contributed by atoms with Gasteiger partial charge in [-0.3, -0.25) is 9.59 Å². The first-order valence-corrected chi connectivity index (χ1v) is 5.68. The van der Waals surface area contributed by atoms with Crippen molar-refractivity contribution >= 4 is 11.8 Å². The van der Waals surface area contributed by atoms with Crippen molar-refractivity contribution in [2.24, 2.45) is 5.92 Å². The molecule has 5 nitrogen and oxygen atoms in total. The third kappa shape index (κ3) is 2.72. The molecular weight excluding hydrogens is 206 g/mol. The van der Waals surface area contributed by atoms with E-state index in [9.17, 15) is 9.59 Å². The summed E-state index contributed by atoms with van der Waals surface area (Å²) in [5.74, 6) is -0.0854. The first-order valence-electron chi connectivity index (χ1n) is 5.68. The lowest BCUT2D eigenvalue weighted by Gasteiger charge is -2.39. The predicted octanol–water partition coefficient (Wildman–Crippen LogP) is -0.469. The summed E-state index contributed by atoms with van der Waals surface area (Å²) in [6, 6.07) is -0.348. The highest BCUT2D eigenvalue weighted by molar-refractivity contribution is 5.88. The van der Waals surface area contributed by atoms with Crippen LogP contribution in [-0.4, -0.2) is 61.4 Å². The van der Waals surface area contributed by atoms with E-state index in [1.165, 1.54) is 0 Å². The van der Waals surface area contributed by atoms with Crippen LogP contribution in [0.15, 0.2) is 0 Å². The zero-order chi connectivity index (χ0) is 12.3. The number of piperazine rings is 1. The molecule has 1 saturated heterocycles. The fraction of sp³-hybridized carbons (Fsp3) is 0.818. The number of rotatable bonds is 2. The molecule has 1 atom stereocenters. The highest BCUT2D eigenvalue weighted by atomic mass is 16.2. The van der Waals surface area contributed by atoms with E-state index in [2.05, 4.69) is 10.2 Å². The van der Waals surface area contributed by atoms with Crippen molar-refractivity contribution in [2.45, 2.75) is 19.9 Å². The Morgan fingerprint density at radius 1 is 1.31 bits per heavy atom. The number of carbonyl (C=O) groups is 2. The van der Waals surface area contributed by atoms with Crippen molar-refractivity contribution in [1.82, 2.24) is 15.1 Å². The second kappa shape index (κ2) is 5.30. The number of nitrogens with zero attached hydrogens (tertiary/aromatic N) is 2. The predicted molar refractivity (Wildman–Crippen MR) is 61.9 cm³/mol. The molecule has 1 fully saturated rings. The Morgan fingerprint density at radius 3 is 2.44 bits per heavy atom. The number of amides is 2. The maximum absolute atomic E-state index is 12.0. The molecular formula is C11H21N3O2. The van der Waals surface area contributed by atoms with Crippen molar-refractivity contribution < 1.29 is 9.59 Å². The van der Waals surface area contributed by atoms with Gasteiger partial charge in [0.2, 0.25) is 11.8 Å². The minimum atomic E-state index is -0.348. The highest BCUT2D eigenvalue weighted by Crippen LogP contribution is 2.12. The van der Waals surface area contributed by atoms with E-state index in [1.807, 2.05) is 20.9 Å². The highest BCUT2D eigenvalue weighted by Gasteiger charge is 2.34. The SMILES string of the molecule is CNC(=O)[C@@H]1CN(C)CCN1C(=O)C(C)C. The smallest absolute Gasteiger partial charge is 0.243 e. The van der Waals surface area contributed by atoms with Crippen LogP contribution in [0.2, 0.25) is 0 Å². The van der Waals surface area contributed by atoms with Crippen LogP contribution in [0.1, 0.15) is 13.8 Å². The van der Waals surface area contributed by atoms with Crippen molar-refractivity contribution in [3.63, 3.8) is 0 Å². The van der Waals surface area contributed by atoms with Gasteiger partial charge in [0.05, 0.1) is 0 Å². The van der Waals surface area contributed by atoms with E-state index in [0.29, 0.717) is 13.1 Å². The van der Waals surface area contributed by atoms with E-state index in [1.54, 1.807) is 11.9 Å². The topological polar surface area (TPSA) is 52.7 Å². The number of nitrogens with one attached hydrogen (secondary N) is 1. The summed E-state index contributed by atoms with van der Waals surface area (Å²) in [6.45, 7) is 5.79. The van der Waals surface area contributed by atoms with Gasteiger partial charge in [-0.25, -0.2) is 0 Å². The molecule has 0 aliphatic carbocycles. The Kier molecular flexibility index (Phi) is 4.29. The molecule has 0 radical (unpaired) electrons. The first kappa shape index (κ1) is 13.0. The molecule has 1 aliphatic rings. The Hall–Kier alpha value is -1.10. The second-order valence-corrected chi connectivity index (χ2v) is 4.58. The summed E-state index contributed by atoms with van der Waals surface area (Å²) in [7, 11) is 3.57. The lowest BCUT2D eigenvalue weighted by molar-refractivity contribution is -0.145. The Balaban J connectivity index is 2.80. The fourth-order valence-corrected chi connectivity index (χ4v) is 1.91. The molecule has 0 bridgehead atoms. The lowest BCUT2D eigenvalue weighted by Crippen LogP contribution is -2.60. The van der Waals surface area contributed by atoms with Crippen LogP contribution in [0.5, 0.6) is 0 Å². The fourth-order valence-electron chi connectivity index (χ4n) is 1.91. The zero-order valence-electron chi connectivity index (χ0n) is 10.5. The normalized spacial score (nSPS) is 22.3. The van der Waals surface area contributed by atoms with Gasteiger partial charge in [-0.15, -0.1) is 0 Å². The standard InChI is InChI=1S/C11H21N3O2/c1-8(2)11(16)14-6-5-13(4)7-9(14)10(15)12-3/h8-9H,5-7H2,1-4H3,(H,12,15)/t9-/m0/s1.